The first kappa shape index (κ1) is 26.5. The van der Waals surface area contributed by atoms with Gasteiger partial charge in [0.15, 0.2) is 11.0 Å². The van der Waals surface area contributed by atoms with E-state index in [0.717, 1.165) is 10.2 Å². The third kappa shape index (κ3) is 6.75. The third-order valence-electron chi connectivity index (χ3n) is 4.93. The summed E-state index contributed by atoms with van der Waals surface area (Å²) in [7, 11) is 0. The fraction of sp³-hybridized carbons (Fsp3) is 0.304. The number of hydrogen-bond acceptors (Lipinski definition) is 5. The molecule has 0 radical (unpaired) electrons. The molecule has 0 spiro atoms. The number of anilines is 1. The molecular weight excluding hydrogens is 561 g/mol. The van der Waals surface area contributed by atoms with Crippen molar-refractivity contribution in [3.63, 3.8) is 0 Å². The lowest BCUT2D eigenvalue weighted by Gasteiger charge is -2.22. The Morgan fingerprint density at radius 2 is 1.82 bits per heavy atom. The number of hydrogen-bond donors (Lipinski definition) is 2. The summed E-state index contributed by atoms with van der Waals surface area (Å²) in [6, 6.07) is 11.7. The first-order valence-electron chi connectivity index (χ1n) is 10.6. The number of thioether (sulfide) groups is 1. The Labute approximate surface area is 221 Å². The Morgan fingerprint density at radius 1 is 1.12 bits per heavy atom. The second kappa shape index (κ2) is 12.1. The average Bonchev–Trinajstić information content (AvgIpc) is 3.19. The molecule has 180 valence electrons. The molecule has 0 fully saturated rings. The summed E-state index contributed by atoms with van der Waals surface area (Å²) in [5.74, 6) is 0.349. The lowest BCUT2D eigenvalue weighted by Crippen LogP contribution is -2.34. The number of benzene rings is 2. The van der Waals surface area contributed by atoms with Crippen LogP contribution in [-0.2, 0) is 11.3 Å². The van der Waals surface area contributed by atoms with Crippen molar-refractivity contribution in [1.82, 2.24) is 20.1 Å². The van der Waals surface area contributed by atoms with Crippen molar-refractivity contribution in [2.75, 3.05) is 11.1 Å². The Balaban J connectivity index is 1.72. The molecule has 3 aromatic rings. The number of carbonyl (C=O) groups is 2. The van der Waals surface area contributed by atoms with Crippen molar-refractivity contribution in [2.45, 2.75) is 38.5 Å². The summed E-state index contributed by atoms with van der Waals surface area (Å²) in [5.41, 5.74) is 1.05. The maximum Gasteiger partial charge on any atom is 0.253 e. The molecule has 2 aromatic carbocycles. The van der Waals surface area contributed by atoms with Crippen LogP contribution in [0.2, 0.25) is 10.0 Å². The monoisotopic (exact) mass is 583 g/mol. The van der Waals surface area contributed by atoms with Gasteiger partial charge in [-0.05, 0) is 55.3 Å². The summed E-state index contributed by atoms with van der Waals surface area (Å²) < 4.78 is 2.85. The zero-order valence-corrected chi connectivity index (χ0v) is 22.7. The Bertz CT molecular complexity index is 1170. The van der Waals surface area contributed by atoms with Crippen molar-refractivity contribution >= 4 is 68.4 Å². The van der Waals surface area contributed by atoms with Gasteiger partial charge in [-0.1, -0.05) is 64.7 Å². The van der Waals surface area contributed by atoms with E-state index < -0.39 is 6.04 Å². The van der Waals surface area contributed by atoms with Crippen LogP contribution < -0.4 is 10.6 Å². The molecule has 2 N–H and O–H groups in total. The molecule has 1 atom stereocenters. The van der Waals surface area contributed by atoms with E-state index >= 15 is 0 Å². The van der Waals surface area contributed by atoms with Crippen LogP contribution in [0.25, 0.3) is 0 Å². The van der Waals surface area contributed by atoms with Gasteiger partial charge in [0, 0.05) is 21.7 Å². The van der Waals surface area contributed by atoms with Gasteiger partial charge >= 0.3 is 0 Å². The summed E-state index contributed by atoms with van der Waals surface area (Å²) in [6.45, 7) is 6.52. The largest absolute Gasteiger partial charge is 0.342 e. The standard InChI is InChI=1S/C23H24BrCl2N5O2S/c1-4-31-21(20(13(2)3)28-22(33)17-10-7-15(25)11-18(17)26)29-30-23(31)34-12-19(32)27-16-8-5-14(24)6-9-16/h5-11,13,20H,4,12H2,1-3H3,(H,27,32)(H,28,33)/t20-/m0/s1. The molecule has 34 heavy (non-hydrogen) atoms. The topological polar surface area (TPSA) is 88.9 Å². The van der Waals surface area contributed by atoms with Gasteiger partial charge in [-0.2, -0.15) is 0 Å². The van der Waals surface area contributed by atoms with Gasteiger partial charge in [-0.15, -0.1) is 10.2 Å². The zero-order valence-electron chi connectivity index (χ0n) is 18.8. The first-order chi connectivity index (χ1) is 16.2. The molecule has 0 bridgehead atoms. The van der Waals surface area contributed by atoms with Crippen molar-refractivity contribution in [3.05, 3.63) is 68.4 Å². The molecule has 0 aliphatic rings. The number of nitrogens with one attached hydrogen (secondary N) is 2. The maximum atomic E-state index is 12.9. The van der Waals surface area contributed by atoms with Crippen LogP contribution in [0.4, 0.5) is 5.69 Å². The van der Waals surface area contributed by atoms with Gasteiger partial charge in [0.1, 0.15) is 0 Å². The molecule has 3 rings (SSSR count). The second-order valence-electron chi connectivity index (χ2n) is 7.75. The van der Waals surface area contributed by atoms with Gasteiger partial charge in [-0.3, -0.25) is 9.59 Å². The maximum absolute atomic E-state index is 12.9. The number of amides is 2. The SMILES string of the molecule is CCn1c(SCC(=O)Nc2ccc(Br)cc2)nnc1[C@@H](NC(=O)c1ccc(Cl)cc1Cl)C(C)C. The lowest BCUT2D eigenvalue weighted by molar-refractivity contribution is -0.113. The van der Waals surface area contributed by atoms with Crippen LogP contribution in [0.15, 0.2) is 52.1 Å². The van der Waals surface area contributed by atoms with E-state index in [4.69, 9.17) is 23.2 Å². The van der Waals surface area contributed by atoms with Gasteiger partial charge < -0.3 is 15.2 Å². The number of aromatic nitrogens is 3. The first-order valence-corrected chi connectivity index (χ1v) is 13.1. The molecule has 0 aliphatic carbocycles. The normalized spacial score (nSPS) is 12.0. The van der Waals surface area contributed by atoms with E-state index in [2.05, 4.69) is 36.8 Å². The van der Waals surface area contributed by atoms with Gasteiger partial charge in [0.05, 0.1) is 22.4 Å². The summed E-state index contributed by atoms with van der Waals surface area (Å²) >= 11 is 16.8. The van der Waals surface area contributed by atoms with E-state index in [0.29, 0.717) is 28.1 Å². The van der Waals surface area contributed by atoms with Gasteiger partial charge in [0.25, 0.3) is 5.91 Å². The highest BCUT2D eigenvalue weighted by Crippen LogP contribution is 2.27. The minimum atomic E-state index is -0.405. The molecule has 1 aromatic heterocycles. The second-order valence-corrected chi connectivity index (χ2v) is 10.4. The minimum Gasteiger partial charge on any atom is -0.342 e. The lowest BCUT2D eigenvalue weighted by atomic mass is 10.0. The number of nitrogens with zero attached hydrogens (tertiary/aromatic N) is 3. The molecule has 0 saturated heterocycles. The molecule has 2 amide bonds. The fourth-order valence-electron chi connectivity index (χ4n) is 3.22. The number of carbonyl (C=O) groups excluding carboxylic acids is 2. The predicted molar refractivity (Wildman–Crippen MR) is 141 cm³/mol. The molecule has 0 saturated carbocycles. The Kier molecular flexibility index (Phi) is 9.41. The van der Waals surface area contributed by atoms with E-state index in [1.807, 2.05) is 49.6 Å². The number of rotatable bonds is 9. The van der Waals surface area contributed by atoms with Crippen molar-refractivity contribution in [1.29, 1.82) is 0 Å². The summed E-state index contributed by atoms with van der Waals surface area (Å²) in [5, 5.41) is 15.9. The average molecular weight is 585 g/mol. The van der Waals surface area contributed by atoms with E-state index in [1.54, 1.807) is 12.1 Å². The van der Waals surface area contributed by atoms with E-state index in [1.165, 1.54) is 17.8 Å². The van der Waals surface area contributed by atoms with Crippen LogP contribution in [0.5, 0.6) is 0 Å². The summed E-state index contributed by atoms with van der Waals surface area (Å²) in [4.78, 5) is 25.3. The van der Waals surface area contributed by atoms with Crippen LogP contribution in [0.3, 0.4) is 0 Å². The fourth-order valence-corrected chi connectivity index (χ4v) is 4.78. The summed E-state index contributed by atoms with van der Waals surface area (Å²) in [6.07, 6.45) is 0. The van der Waals surface area contributed by atoms with Crippen molar-refractivity contribution in [2.24, 2.45) is 5.92 Å². The zero-order chi connectivity index (χ0) is 24.8. The predicted octanol–water partition coefficient (Wildman–Crippen LogP) is 6.23. The molecule has 0 aliphatic heterocycles. The smallest absolute Gasteiger partial charge is 0.253 e. The van der Waals surface area contributed by atoms with Gasteiger partial charge in [-0.25, -0.2) is 0 Å². The molecular formula is C23H24BrCl2N5O2S. The van der Waals surface area contributed by atoms with Crippen molar-refractivity contribution in [3.8, 4) is 0 Å². The highest BCUT2D eigenvalue weighted by Gasteiger charge is 2.27. The molecule has 0 unspecified atom stereocenters. The Hall–Kier alpha value is -2.07. The number of halogens is 3. The van der Waals surface area contributed by atoms with E-state index in [-0.39, 0.29) is 28.5 Å². The molecule has 1 heterocycles. The van der Waals surface area contributed by atoms with Crippen molar-refractivity contribution < 1.29 is 9.59 Å². The Morgan fingerprint density at radius 3 is 2.44 bits per heavy atom. The van der Waals surface area contributed by atoms with Crippen LogP contribution >= 0.6 is 50.9 Å². The minimum absolute atomic E-state index is 0.0306. The quantitative estimate of drug-likeness (QED) is 0.291. The van der Waals surface area contributed by atoms with Crippen LogP contribution in [0, 0.1) is 5.92 Å². The van der Waals surface area contributed by atoms with E-state index in [9.17, 15) is 9.59 Å². The van der Waals surface area contributed by atoms with Crippen LogP contribution in [0.1, 0.15) is 43.0 Å². The highest BCUT2D eigenvalue weighted by atomic mass is 79.9. The third-order valence-corrected chi connectivity index (χ3v) is 6.97. The van der Waals surface area contributed by atoms with Crippen LogP contribution in [-0.4, -0.2) is 32.3 Å². The van der Waals surface area contributed by atoms with Gasteiger partial charge in [0.2, 0.25) is 5.91 Å². The molecule has 7 nitrogen and oxygen atoms in total. The molecule has 11 heteroatoms. The highest BCUT2D eigenvalue weighted by molar-refractivity contribution is 9.10.